The number of aryl methyl sites for hydroxylation is 1. The maximum absolute atomic E-state index is 5.50. The van der Waals surface area contributed by atoms with Crippen LogP contribution in [0.4, 0.5) is 0 Å². The van der Waals surface area contributed by atoms with Crippen molar-refractivity contribution in [3.05, 3.63) is 47.1 Å². The van der Waals surface area contributed by atoms with E-state index < -0.39 is 0 Å². The summed E-state index contributed by atoms with van der Waals surface area (Å²) in [6.45, 7) is 2.12. The summed E-state index contributed by atoms with van der Waals surface area (Å²) < 4.78 is 5.50. The molecule has 4 nitrogen and oxygen atoms in total. The lowest BCUT2D eigenvalue weighted by molar-refractivity contribution is 0.287. The first-order chi connectivity index (χ1) is 10.3. The summed E-state index contributed by atoms with van der Waals surface area (Å²) in [7, 11) is 2.04. The summed E-state index contributed by atoms with van der Waals surface area (Å²) >= 11 is 0. The van der Waals surface area contributed by atoms with Crippen molar-refractivity contribution in [2.24, 2.45) is 0 Å². The highest BCUT2D eigenvalue weighted by atomic mass is 16.5. The molecule has 1 aromatic carbocycles. The van der Waals surface area contributed by atoms with E-state index in [0.717, 1.165) is 31.0 Å². The molecule has 1 N–H and O–H groups in total. The second kappa shape index (κ2) is 6.39. The lowest BCUT2D eigenvalue weighted by Gasteiger charge is -2.25. The van der Waals surface area contributed by atoms with Gasteiger partial charge in [-0.3, -0.25) is 0 Å². The first kappa shape index (κ1) is 14.3. The third-order valence-electron chi connectivity index (χ3n) is 4.58. The Hall–Kier alpha value is -1.68. The Morgan fingerprint density at radius 1 is 1.19 bits per heavy atom. The molecule has 1 saturated carbocycles. The molecule has 1 fully saturated rings. The first-order valence-electron chi connectivity index (χ1n) is 7.80. The Balaban J connectivity index is 1.65. The second-order valence-electron chi connectivity index (χ2n) is 5.99. The van der Waals surface area contributed by atoms with E-state index >= 15 is 0 Å². The van der Waals surface area contributed by atoms with Gasteiger partial charge in [-0.2, -0.15) is 4.98 Å². The minimum Gasteiger partial charge on any atom is -0.339 e. The van der Waals surface area contributed by atoms with Crippen LogP contribution in [0.1, 0.15) is 54.4 Å². The molecule has 1 heterocycles. The number of aromatic nitrogens is 2. The summed E-state index contributed by atoms with van der Waals surface area (Å²) in [5.74, 6) is 2.07. The number of hydrogen-bond donors (Lipinski definition) is 1. The summed E-state index contributed by atoms with van der Waals surface area (Å²) in [5.41, 5.74) is 2.54. The Morgan fingerprint density at radius 3 is 2.67 bits per heavy atom. The number of rotatable bonds is 4. The van der Waals surface area contributed by atoms with Gasteiger partial charge in [0, 0.05) is 18.4 Å². The zero-order chi connectivity index (χ0) is 14.7. The van der Waals surface area contributed by atoms with Crippen LogP contribution >= 0.6 is 0 Å². The van der Waals surface area contributed by atoms with E-state index in [4.69, 9.17) is 4.52 Å². The first-order valence-corrected chi connectivity index (χ1v) is 7.80. The van der Waals surface area contributed by atoms with Crippen molar-refractivity contribution in [3.63, 3.8) is 0 Å². The molecule has 2 aromatic rings. The van der Waals surface area contributed by atoms with Gasteiger partial charge in [0.2, 0.25) is 5.89 Å². The summed E-state index contributed by atoms with van der Waals surface area (Å²) in [6.07, 6.45) is 5.41. The fourth-order valence-corrected chi connectivity index (χ4v) is 3.11. The molecule has 0 radical (unpaired) electrons. The molecule has 4 heteroatoms. The van der Waals surface area contributed by atoms with Crippen LogP contribution in [-0.4, -0.2) is 23.2 Å². The average Bonchev–Trinajstić information content (AvgIpc) is 2.98. The molecule has 0 bridgehead atoms. The molecule has 0 aliphatic heterocycles. The predicted octanol–water partition coefficient (Wildman–Crippen LogP) is 3.21. The molecule has 1 aliphatic rings. The van der Waals surface area contributed by atoms with Crippen LogP contribution in [0.2, 0.25) is 0 Å². The molecule has 21 heavy (non-hydrogen) atoms. The molecular weight excluding hydrogens is 262 g/mol. The van der Waals surface area contributed by atoms with Crippen LogP contribution in [0, 0.1) is 6.92 Å². The third-order valence-corrected chi connectivity index (χ3v) is 4.58. The molecule has 0 atom stereocenters. The smallest absolute Gasteiger partial charge is 0.229 e. The van der Waals surface area contributed by atoms with E-state index in [1.54, 1.807) is 0 Å². The minimum absolute atomic E-state index is 0.438. The Bertz CT molecular complexity index is 585. The molecule has 1 aromatic heterocycles. The maximum atomic E-state index is 5.50. The summed E-state index contributed by atoms with van der Waals surface area (Å²) in [4.78, 5) is 4.62. The van der Waals surface area contributed by atoms with Gasteiger partial charge < -0.3 is 9.84 Å². The monoisotopic (exact) mass is 285 g/mol. The molecule has 3 rings (SSSR count). The van der Waals surface area contributed by atoms with Crippen molar-refractivity contribution in [1.82, 2.24) is 15.5 Å². The van der Waals surface area contributed by atoms with Crippen LogP contribution < -0.4 is 5.32 Å². The van der Waals surface area contributed by atoms with Gasteiger partial charge in [-0.05, 0) is 50.8 Å². The Labute approximate surface area is 126 Å². The normalized spacial score (nSPS) is 22.4. The van der Waals surface area contributed by atoms with Crippen molar-refractivity contribution in [2.45, 2.75) is 51.0 Å². The quantitative estimate of drug-likeness (QED) is 0.937. The van der Waals surface area contributed by atoms with Crippen LogP contribution in [-0.2, 0) is 6.42 Å². The highest BCUT2D eigenvalue weighted by Crippen LogP contribution is 2.31. The minimum atomic E-state index is 0.438. The molecule has 112 valence electrons. The second-order valence-corrected chi connectivity index (χ2v) is 5.99. The number of benzene rings is 1. The zero-order valence-corrected chi connectivity index (χ0v) is 12.8. The largest absolute Gasteiger partial charge is 0.339 e. The van der Waals surface area contributed by atoms with Crippen LogP contribution in [0.3, 0.4) is 0 Å². The molecule has 0 spiro atoms. The zero-order valence-electron chi connectivity index (χ0n) is 12.8. The van der Waals surface area contributed by atoms with Gasteiger partial charge in [-0.25, -0.2) is 0 Å². The van der Waals surface area contributed by atoms with Gasteiger partial charge >= 0.3 is 0 Å². The summed E-state index contributed by atoms with van der Waals surface area (Å²) in [5, 5.41) is 7.52. The Morgan fingerprint density at radius 2 is 1.95 bits per heavy atom. The SMILES string of the molecule is CNC1CCC(c2nc(Cc3ccccc3C)no2)CC1. The van der Waals surface area contributed by atoms with E-state index in [1.807, 2.05) is 7.05 Å². The molecular formula is C17H23N3O. The Kier molecular flexibility index (Phi) is 4.34. The van der Waals surface area contributed by atoms with E-state index in [1.165, 1.54) is 24.0 Å². The van der Waals surface area contributed by atoms with Gasteiger partial charge in [-0.15, -0.1) is 0 Å². The van der Waals surface area contributed by atoms with E-state index in [9.17, 15) is 0 Å². The predicted molar refractivity (Wildman–Crippen MR) is 82.3 cm³/mol. The number of hydrogen-bond acceptors (Lipinski definition) is 4. The average molecular weight is 285 g/mol. The van der Waals surface area contributed by atoms with Crippen molar-refractivity contribution >= 4 is 0 Å². The number of nitrogens with zero attached hydrogens (tertiary/aromatic N) is 2. The standard InChI is InChI=1S/C17H23N3O/c1-12-5-3-4-6-14(12)11-16-19-17(21-20-16)13-7-9-15(18-2)10-8-13/h3-6,13,15,18H,7-11H2,1-2H3. The van der Waals surface area contributed by atoms with Gasteiger partial charge in [0.05, 0.1) is 0 Å². The highest BCUT2D eigenvalue weighted by Gasteiger charge is 2.25. The van der Waals surface area contributed by atoms with E-state index in [0.29, 0.717) is 12.0 Å². The fourth-order valence-electron chi connectivity index (χ4n) is 3.11. The van der Waals surface area contributed by atoms with Crippen LogP contribution in [0.25, 0.3) is 0 Å². The molecule has 1 aliphatic carbocycles. The van der Waals surface area contributed by atoms with Gasteiger partial charge in [0.25, 0.3) is 0 Å². The molecule has 0 saturated heterocycles. The van der Waals surface area contributed by atoms with Crippen molar-refractivity contribution in [2.75, 3.05) is 7.05 Å². The fraction of sp³-hybridized carbons (Fsp3) is 0.529. The third kappa shape index (κ3) is 3.32. The highest BCUT2D eigenvalue weighted by molar-refractivity contribution is 5.28. The lowest BCUT2D eigenvalue weighted by atomic mass is 9.86. The lowest BCUT2D eigenvalue weighted by Crippen LogP contribution is -2.29. The van der Waals surface area contributed by atoms with Crippen molar-refractivity contribution < 1.29 is 4.52 Å². The van der Waals surface area contributed by atoms with Gasteiger partial charge in [-0.1, -0.05) is 29.4 Å². The number of nitrogens with one attached hydrogen (secondary N) is 1. The summed E-state index contributed by atoms with van der Waals surface area (Å²) in [6, 6.07) is 9.01. The van der Waals surface area contributed by atoms with Crippen molar-refractivity contribution in [1.29, 1.82) is 0 Å². The topological polar surface area (TPSA) is 51.0 Å². The van der Waals surface area contributed by atoms with E-state index in [2.05, 4.69) is 46.6 Å². The van der Waals surface area contributed by atoms with Crippen LogP contribution in [0.5, 0.6) is 0 Å². The van der Waals surface area contributed by atoms with Crippen molar-refractivity contribution in [3.8, 4) is 0 Å². The van der Waals surface area contributed by atoms with Gasteiger partial charge in [0.1, 0.15) is 0 Å². The maximum Gasteiger partial charge on any atom is 0.229 e. The van der Waals surface area contributed by atoms with Gasteiger partial charge in [0.15, 0.2) is 5.82 Å². The van der Waals surface area contributed by atoms with Crippen LogP contribution in [0.15, 0.2) is 28.8 Å². The molecule has 0 amide bonds. The van der Waals surface area contributed by atoms with E-state index in [-0.39, 0.29) is 0 Å². The molecule has 0 unspecified atom stereocenters.